The predicted molar refractivity (Wildman–Crippen MR) is 102 cm³/mol. The lowest BCUT2D eigenvalue weighted by Gasteiger charge is -2.11. The fraction of sp³-hybridized carbons (Fsp3) is 0.0476. The molecule has 0 spiro atoms. The van der Waals surface area contributed by atoms with E-state index in [9.17, 15) is 9.18 Å². The van der Waals surface area contributed by atoms with Gasteiger partial charge in [0.2, 0.25) is 0 Å². The summed E-state index contributed by atoms with van der Waals surface area (Å²) < 4.78 is 16.6. The largest absolute Gasteiger partial charge is 0.308 e. The summed E-state index contributed by atoms with van der Waals surface area (Å²) in [6, 6.07) is 19.1. The SMILES string of the molecule is O=C(NOCc1ccccc1)c1cnn(-c2ccc(F)cc2)c1-n1cccc1. The summed E-state index contributed by atoms with van der Waals surface area (Å²) in [5, 5.41) is 4.32. The molecule has 1 N–H and O–H groups in total. The number of nitrogens with one attached hydrogen (secondary N) is 1. The zero-order valence-corrected chi connectivity index (χ0v) is 14.8. The number of nitrogens with zero attached hydrogens (tertiary/aromatic N) is 3. The molecule has 2 aromatic carbocycles. The van der Waals surface area contributed by atoms with Crippen molar-refractivity contribution in [1.29, 1.82) is 0 Å². The first kappa shape index (κ1) is 17.7. The van der Waals surface area contributed by atoms with Gasteiger partial charge in [0.15, 0.2) is 5.82 Å². The average molecular weight is 376 g/mol. The second kappa shape index (κ2) is 7.89. The molecule has 6 nitrogen and oxygen atoms in total. The number of amides is 1. The molecule has 0 saturated heterocycles. The van der Waals surface area contributed by atoms with Crippen LogP contribution < -0.4 is 5.48 Å². The summed E-state index contributed by atoms with van der Waals surface area (Å²) >= 11 is 0. The van der Waals surface area contributed by atoms with Crippen LogP contribution in [0.1, 0.15) is 15.9 Å². The molecule has 4 rings (SSSR count). The van der Waals surface area contributed by atoms with Gasteiger partial charge in [-0.3, -0.25) is 9.63 Å². The Morgan fingerprint density at radius 2 is 1.71 bits per heavy atom. The van der Waals surface area contributed by atoms with Gasteiger partial charge < -0.3 is 4.57 Å². The molecule has 0 aliphatic heterocycles. The molecule has 4 aromatic rings. The predicted octanol–water partition coefficient (Wildman–Crippen LogP) is 3.66. The Morgan fingerprint density at radius 1 is 1.00 bits per heavy atom. The number of carbonyl (C=O) groups is 1. The highest BCUT2D eigenvalue weighted by Gasteiger charge is 2.20. The Bertz CT molecular complexity index is 1060. The average Bonchev–Trinajstić information content (AvgIpc) is 3.39. The number of aromatic nitrogens is 3. The highest BCUT2D eigenvalue weighted by Crippen LogP contribution is 2.20. The standard InChI is InChI=1S/C21H17FN4O2/c22-17-8-10-18(11-9-17)26-21(25-12-4-5-13-25)19(14-23-26)20(27)24-28-15-16-6-2-1-3-7-16/h1-14H,15H2,(H,24,27). The first-order valence-electron chi connectivity index (χ1n) is 8.66. The Morgan fingerprint density at radius 3 is 2.43 bits per heavy atom. The summed E-state index contributed by atoms with van der Waals surface area (Å²) in [6.07, 6.45) is 5.07. The van der Waals surface area contributed by atoms with Crippen molar-refractivity contribution >= 4 is 5.91 Å². The molecule has 0 aliphatic rings. The van der Waals surface area contributed by atoms with E-state index in [-0.39, 0.29) is 12.4 Å². The maximum Gasteiger partial charge on any atom is 0.280 e. The normalized spacial score (nSPS) is 10.8. The summed E-state index contributed by atoms with van der Waals surface area (Å²) in [5.41, 5.74) is 4.36. The summed E-state index contributed by atoms with van der Waals surface area (Å²) in [4.78, 5) is 18.0. The van der Waals surface area contributed by atoms with Gasteiger partial charge in [-0.2, -0.15) is 5.10 Å². The van der Waals surface area contributed by atoms with Gasteiger partial charge in [-0.15, -0.1) is 0 Å². The van der Waals surface area contributed by atoms with Crippen LogP contribution in [0.25, 0.3) is 11.5 Å². The van der Waals surface area contributed by atoms with E-state index in [0.717, 1.165) is 5.56 Å². The smallest absolute Gasteiger partial charge is 0.280 e. The molecular formula is C21H17FN4O2. The van der Waals surface area contributed by atoms with Gasteiger partial charge >= 0.3 is 0 Å². The second-order valence-electron chi connectivity index (χ2n) is 6.07. The topological polar surface area (TPSA) is 61.1 Å². The highest BCUT2D eigenvalue weighted by atomic mass is 19.1. The molecule has 0 saturated carbocycles. The van der Waals surface area contributed by atoms with Gasteiger partial charge in [0, 0.05) is 12.4 Å². The lowest BCUT2D eigenvalue weighted by molar-refractivity contribution is 0.0233. The minimum absolute atomic E-state index is 0.248. The highest BCUT2D eigenvalue weighted by molar-refractivity contribution is 5.96. The van der Waals surface area contributed by atoms with Crippen molar-refractivity contribution in [2.75, 3.05) is 0 Å². The van der Waals surface area contributed by atoms with Crippen LogP contribution in [0.3, 0.4) is 0 Å². The van der Waals surface area contributed by atoms with Crippen molar-refractivity contribution in [3.8, 4) is 11.5 Å². The fourth-order valence-electron chi connectivity index (χ4n) is 2.81. The maximum atomic E-state index is 13.3. The van der Waals surface area contributed by atoms with E-state index in [4.69, 9.17) is 4.84 Å². The minimum Gasteiger partial charge on any atom is -0.308 e. The number of halogens is 1. The van der Waals surface area contributed by atoms with Crippen molar-refractivity contribution in [2.24, 2.45) is 0 Å². The second-order valence-corrected chi connectivity index (χ2v) is 6.07. The Balaban J connectivity index is 1.60. The Hall–Kier alpha value is -3.71. The molecule has 0 atom stereocenters. The number of hydrogen-bond acceptors (Lipinski definition) is 3. The first-order chi connectivity index (χ1) is 13.7. The van der Waals surface area contributed by atoms with Crippen molar-refractivity contribution < 1.29 is 14.0 Å². The zero-order chi connectivity index (χ0) is 19.3. The molecule has 0 unspecified atom stereocenters. The molecule has 140 valence electrons. The lowest BCUT2D eigenvalue weighted by Crippen LogP contribution is -2.24. The van der Waals surface area contributed by atoms with Crippen molar-refractivity contribution in [3.05, 3.63) is 102 Å². The monoisotopic (exact) mass is 376 g/mol. The van der Waals surface area contributed by atoms with E-state index in [1.165, 1.54) is 18.3 Å². The van der Waals surface area contributed by atoms with Gasteiger partial charge in [0.25, 0.3) is 5.91 Å². The number of hydroxylamine groups is 1. The molecule has 7 heteroatoms. The summed E-state index contributed by atoms with van der Waals surface area (Å²) in [5.74, 6) is -0.240. The summed E-state index contributed by atoms with van der Waals surface area (Å²) in [6.45, 7) is 0.248. The number of hydrogen-bond donors (Lipinski definition) is 1. The maximum absolute atomic E-state index is 13.3. The third kappa shape index (κ3) is 3.70. The molecular weight excluding hydrogens is 359 g/mol. The van der Waals surface area contributed by atoms with Crippen molar-refractivity contribution in [1.82, 2.24) is 19.8 Å². The first-order valence-corrected chi connectivity index (χ1v) is 8.66. The fourth-order valence-corrected chi connectivity index (χ4v) is 2.81. The van der Waals surface area contributed by atoms with E-state index in [1.807, 2.05) is 42.5 Å². The van der Waals surface area contributed by atoms with Crippen LogP contribution in [0.4, 0.5) is 4.39 Å². The van der Waals surface area contributed by atoms with Gasteiger partial charge in [-0.05, 0) is 42.0 Å². The van der Waals surface area contributed by atoms with E-state index >= 15 is 0 Å². The van der Waals surface area contributed by atoms with Crippen LogP contribution in [0, 0.1) is 5.82 Å². The zero-order valence-electron chi connectivity index (χ0n) is 14.8. The molecule has 2 heterocycles. The van der Waals surface area contributed by atoms with Gasteiger partial charge in [-0.1, -0.05) is 30.3 Å². The molecule has 2 aromatic heterocycles. The third-order valence-electron chi connectivity index (χ3n) is 4.16. The van der Waals surface area contributed by atoms with Gasteiger partial charge in [-0.25, -0.2) is 14.6 Å². The summed E-state index contributed by atoms with van der Waals surface area (Å²) in [7, 11) is 0. The van der Waals surface area contributed by atoms with E-state index in [1.54, 1.807) is 33.8 Å². The minimum atomic E-state index is -0.423. The van der Waals surface area contributed by atoms with Crippen LogP contribution in [0.15, 0.2) is 85.3 Å². The van der Waals surface area contributed by atoms with Gasteiger partial charge in [0.05, 0.1) is 18.5 Å². The van der Waals surface area contributed by atoms with E-state index < -0.39 is 5.91 Å². The van der Waals surface area contributed by atoms with E-state index in [0.29, 0.717) is 17.1 Å². The Kier molecular flexibility index (Phi) is 4.99. The Labute approximate surface area is 160 Å². The van der Waals surface area contributed by atoms with Gasteiger partial charge in [0.1, 0.15) is 11.4 Å². The van der Waals surface area contributed by atoms with Crippen LogP contribution in [-0.4, -0.2) is 20.3 Å². The van der Waals surface area contributed by atoms with Crippen LogP contribution in [0.2, 0.25) is 0 Å². The lowest BCUT2D eigenvalue weighted by atomic mass is 10.2. The molecule has 1 amide bonds. The quantitative estimate of drug-likeness (QED) is 0.523. The van der Waals surface area contributed by atoms with Crippen molar-refractivity contribution in [2.45, 2.75) is 6.61 Å². The van der Waals surface area contributed by atoms with Crippen LogP contribution >= 0.6 is 0 Å². The molecule has 0 radical (unpaired) electrons. The third-order valence-corrected chi connectivity index (χ3v) is 4.16. The molecule has 0 bridgehead atoms. The molecule has 0 fully saturated rings. The van der Waals surface area contributed by atoms with Crippen LogP contribution in [-0.2, 0) is 11.4 Å². The number of carbonyl (C=O) groups excluding carboxylic acids is 1. The number of benzene rings is 2. The molecule has 0 aliphatic carbocycles. The van der Waals surface area contributed by atoms with E-state index in [2.05, 4.69) is 10.6 Å². The number of rotatable bonds is 6. The van der Waals surface area contributed by atoms with Crippen molar-refractivity contribution in [3.63, 3.8) is 0 Å². The van der Waals surface area contributed by atoms with Crippen LogP contribution in [0.5, 0.6) is 0 Å². The molecule has 28 heavy (non-hydrogen) atoms.